The van der Waals surface area contributed by atoms with Crippen molar-refractivity contribution in [2.24, 2.45) is 5.73 Å². The first kappa shape index (κ1) is 20.8. The molecule has 0 spiro atoms. The van der Waals surface area contributed by atoms with Gasteiger partial charge in [0.25, 0.3) is 5.91 Å². The van der Waals surface area contributed by atoms with Crippen molar-refractivity contribution in [1.82, 2.24) is 20.5 Å². The van der Waals surface area contributed by atoms with Crippen molar-refractivity contribution >= 4 is 17.6 Å². The van der Waals surface area contributed by atoms with Crippen LogP contribution in [0.3, 0.4) is 0 Å². The van der Waals surface area contributed by atoms with Crippen molar-refractivity contribution in [1.29, 1.82) is 0 Å². The summed E-state index contributed by atoms with van der Waals surface area (Å²) in [4.78, 5) is 30.5. The van der Waals surface area contributed by atoms with Crippen LogP contribution in [0.4, 0.5) is 5.82 Å². The van der Waals surface area contributed by atoms with Crippen LogP contribution in [0.5, 0.6) is 11.6 Å². The number of primary amides is 1. The first-order chi connectivity index (χ1) is 15.0. The molecule has 0 aliphatic carbocycles. The third-order valence-electron chi connectivity index (χ3n) is 5.83. The molecule has 0 bridgehead atoms. The first-order valence-electron chi connectivity index (χ1n) is 10.3. The van der Waals surface area contributed by atoms with Crippen molar-refractivity contribution in [2.45, 2.75) is 38.2 Å². The van der Waals surface area contributed by atoms with Crippen LogP contribution in [0, 0.1) is 6.92 Å². The predicted molar refractivity (Wildman–Crippen MR) is 112 cm³/mol. The third kappa shape index (κ3) is 4.23. The highest BCUT2D eigenvalue weighted by Gasteiger charge is 2.34. The molecule has 4 heterocycles. The lowest BCUT2D eigenvalue weighted by atomic mass is 9.91. The number of carbonyl (C=O) groups is 2. The van der Waals surface area contributed by atoms with Gasteiger partial charge in [0.1, 0.15) is 11.9 Å². The highest BCUT2D eigenvalue weighted by Crippen LogP contribution is 2.33. The van der Waals surface area contributed by atoms with Gasteiger partial charge in [-0.05, 0) is 25.0 Å². The van der Waals surface area contributed by atoms with E-state index in [4.69, 9.17) is 15.2 Å². The van der Waals surface area contributed by atoms with Crippen molar-refractivity contribution < 1.29 is 19.1 Å². The number of ether oxygens (including phenoxy) is 2. The molecule has 0 saturated carbocycles. The van der Waals surface area contributed by atoms with E-state index in [-0.39, 0.29) is 17.7 Å². The highest BCUT2D eigenvalue weighted by molar-refractivity contribution is 5.96. The Labute approximate surface area is 180 Å². The molecule has 0 aromatic carbocycles. The van der Waals surface area contributed by atoms with E-state index in [1.807, 2.05) is 13.0 Å². The summed E-state index contributed by atoms with van der Waals surface area (Å²) in [6, 6.07) is 3.61. The minimum atomic E-state index is -0.669. The van der Waals surface area contributed by atoms with Crippen LogP contribution in [0.1, 0.15) is 46.8 Å². The highest BCUT2D eigenvalue weighted by atomic mass is 16.5. The average Bonchev–Trinajstić information content (AvgIpc) is 3.20. The summed E-state index contributed by atoms with van der Waals surface area (Å²) in [5.41, 5.74) is 6.97. The van der Waals surface area contributed by atoms with Crippen molar-refractivity contribution in [3.05, 3.63) is 35.2 Å². The summed E-state index contributed by atoms with van der Waals surface area (Å²) in [6.07, 6.45) is 3.91. The van der Waals surface area contributed by atoms with Crippen LogP contribution < -0.4 is 25.4 Å². The summed E-state index contributed by atoms with van der Waals surface area (Å²) >= 11 is 0. The Morgan fingerprint density at radius 2 is 2.00 bits per heavy atom. The third-order valence-corrected chi connectivity index (χ3v) is 5.83. The number of nitrogens with zero attached hydrogens (tertiary/aromatic N) is 4. The van der Waals surface area contributed by atoms with Gasteiger partial charge in [0, 0.05) is 44.1 Å². The summed E-state index contributed by atoms with van der Waals surface area (Å²) in [5.74, 6) is 0.726. The fourth-order valence-corrected chi connectivity index (χ4v) is 4.24. The molecule has 3 N–H and O–H groups in total. The molecule has 0 radical (unpaired) electrons. The number of hydrogen-bond acceptors (Lipinski definition) is 8. The van der Waals surface area contributed by atoms with Gasteiger partial charge in [0.2, 0.25) is 11.8 Å². The lowest BCUT2D eigenvalue weighted by Crippen LogP contribution is -2.39. The number of piperidine rings is 1. The molecule has 2 amide bonds. The Balaban J connectivity index is 1.49. The summed E-state index contributed by atoms with van der Waals surface area (Å²) < 4.78 is 11.1. The maximum absolute atomic E-state index is 12.3. The normalized spacial score (nSPS) is 19.2. The van der Waals surface area contributed by atoms with Crippen molar-refractivity contribution in [3.63, 3.8) is 0 Å². The number of aromatic nitrogens is 3. The van der Waals surface area contributed by atoms with E-state index in [1.165, 1.54) is 0 Å². The molecule has 2 fully saturated rings. The second kappa shape index (κ2) is 8.75. The standard InChI is InChI=1S/C21H26N6O4/c1-12-17(15-5-8-23-21(15)29)18(19(22)28)25-26-20(12)27-9-6-13(7-10-27)31-14-3-4-16(30-2)24-11-14/h3-4,11,13,15H,5-10H2,1-2H3,(H2,22,28)(H,23,29). The molecule has 2 aliphatic heterocycles. The van der Waals surface area contributed by atoms with E-state index in [2.05, 4.69) is 25.4 Å². The molecule has 1 atom stereocenters. The van der Waals surface area contributed by atoms with Crippen molar-refractivity contribution in [3.8, 4) is 11.6 Å². The first-order valence-corrected chi connectivity index (χ1v) is 10.3. The number of hydrogen-bond donors (Lipinski definition) is 2. The van der Waals surface area contributed by atoms with Gasteiger partial charge >= 0.3 is 0 Å². The summed E-state index contributed by atoms with van der Waals surface area (Å²) in [7, 11) is 1.57. The van der Waals surface area contributed by atoms with Crippen LogP contribution in [0.15, 0.2) is 18.3 Å². The van der Waals surface area contributed by atoms with E-state index >= 15 is 0 Å². The van der Waals surface area contributed by atoms with Crippen LogP contribution in [0.2, 0.25) is 0 Å². The lowest BCUT2D eigenvalue weighted by molar-refractivity contribution is -0.120. The molecule has 164 valence electrons. The van der Waals surface area contributed by atoms with Crippen LogP contribution in [-0.4, -0.2) is 59.8 Å². The van der Waals surface area contributed by atoms with Gasteiger partial charge in [-0.1, -0.05) is 0 Å². The van der Waals surface area contributed by atoms with Crippen molar-refractivity contribution in [2.75, 3.05) is 31.6 Å². The molecule has 2 aromatic heterocycles. The zero-order valence-electron chi connectivity index (χ0n) is 17.6. The molecule has 31 heavy (non-hydrogen) atoms. The smallest absolute Gasteiger partial charge is 0.269 e. The molecule has 10 nitrogen and oxygen atoms in total. The fourth-order valence-electron chi connectivity index (χ4n) is 4.24. The molecule has 1 unspecified atom stereocenters. The number of nitrogens with one attached hydrogen (secondary N) is 1. The topological polar surface area (TPSA) is 133 Å². The molecule has 2 saturated heterocycles. The Morgan fingerprint density at radius 1 is 1.23 bits per heavy atom. The van der Waals surface area contributed by atoms with Crippen LogP contribution in [-0.2, 0) is 4.79 Å². The van der Waals surface area contributed by atoms with E-state index in [0.717, 1.165) is 31.5 Å². The van der Waals surface area contributed by atoms with Gasteiger partial charge in [-0.2, -0.15) is 0 Å². The number of amides is 2. The van der Waals surface area contributed by atoms with E-state index in [9.17, 15) is 9.59 Å². The predicted octanol–water partition coefficient (Wildman–Crippen LogP) is 0.939. The molecular formula is C21H26N6O4. The number of nitrogens with two attached hydrogens (primary N) is 1. The number of pyridine rings is 1. The Morgan fingerprint density at radius 3 is 2.58 bits per heavy atom. The second-order valence-electron chi connectivity index (χ2n) is 7.75. The lowest BCUT2D eigenvalue weighted by Gasteiger charge is -2.34. The number of methoxy groups -OCH3 is 1. The molecule has 10 heteroatoms. The number of anilines is 1. The van der Waals surface area contributed by atoms with Crippen LogP contribution >= 0.6 is 0 Å². The van der Waals surface area contributed by atoms with Gasteiger partial charge in [0.15, 0.2) is 11.5 Å². The monoisotopic (exact) mass is 426 g/mol. The van der Waals surface area contributed by atoms with E-state index in [1.54, 1.807) is 19.4 Å². The van der Waals surface area contributed by atoms with Crippen LogP contribution in [0.25, 0.3) is 0 Å². The zero-order chi connectivity index (χ0) is 22.0. The Kier molecular flexibility index (Phi) is 5.88. The number of carbonyl (C=O) groups excluding carboxylic acids is 2. The van der Waals surface area contributed by atoms with E-state index < -0.39 is 11.8 Å². The van der Waals surface area contributed by atoms with Gasteiger partial charge in [-0.3, -0.25) is 9.59 Å². The van der Waals surface area contributed by atoms with Gasteiger partial charge in [-0.15, -0.1) is 10.2 Å². The maximum Gasteiger partial charge on any atom is 0.269 e. The quantitative estimate of drug-likeness (QED) is 0.697. The van der Waals surface area contributed by atoms with E-state index in [0.29, 0.717) is 36.0 Å². The second-order valence-corrected chi connectivity index (χ2v) is 7.75. The van der Waals surface area contributed by atoms with Gasteiger partial charge in [0.05, 0.1) is 19.2 Å². The Hall–Kier alpha value is -3.43. The molecular weight excluding hydrogens is 400 g/mol. The fraction of sp³-hybridized carbons (Fsp3) is 0.476. The SMILES string of the molecule is COc1ccc(OC2CCN(c3nnc(C(N)=O)c(C4CCNC4=O)c3C)CC2)cn1. The summed E-state index contributed by atoms with van der Waals surface area (Å²) in [6.45, 7) is 3.89. The largest absolute Gasteiger partial charge is 0.489 e. The zero-order valence-corrected chi connectivity index (χ0v) is 17.6. The minimum Gasteiger partial charge on any atom is -0.489 e. The number of rotatable bonds is 6. The minimum absolute atomic E-state index is 0.0599. The summed E-state index contributed by atoms with van der Waals surface area (Å²) in [5, 5.41) is 11.2. The van der Waals surface area contributed by atoms with Gasteiger partial charge < -0.3 is 25.4 Å². The molecule has 2 aromatic rings. The van der Waals surface area contributed by atoms with Gasteiger partial charge in [-0.25, -0.2) is 4.98 Å². The molecule has 2 aliphatic rings. The maximum atomic E-state index is 12.3. The average molecular weight is 426 g/mol. The molecule has 4 rings (SSSR count). The Bertz CT molecular complexity index is 973.